The summed E-state index contributed by atoms with van der Waals surface area (Å²) in [5, 5.41) is 0. The summed E-state index contributed by atoms with van der Waals surface area (Å²) in [6.45, 7) is 8.13. The third-order valence-corrected chi connectivity index (χ3v) is 6.51. The third-order valence-electron chi connectivity index (χ3n) is 6.51. The van der Waals surface area contributed by atoms with Gasteiger partial charge in [-0.3, -0.25) is 14.5 Å². The molecule has 2 heterocycles. The van der Waals surface area contributed by atoms with Crippen molar-refractivity contribution in [1.29, 1.82) is 0 Å². The molecule has 1 saturated heterocycles. The standard InChI is InChI=1S/C27H29F6N3O2/c1-4-5-6-24-18(3)34-15-20(24)13-23-16-35(8-7-17(2)37)9-10-36(23)25(38)19-11-21(26(28,29)30)14-22(12-19)27(31,32)33/h4-6,11-12,14-15,23,34H,1,7-10,13,16H2,2-3H3/b6-5-. The normalized spacial score (nSPS) is 17.3. The summed E-state index contributed by atoms with van der Waals surface area (Å²) in [7, 11) is 0. The number of allylic oxidation sites excluding steroid dienone is 2. The molecule has 0 radical (unpaired) electrons. The number of aromatic nitrogens is 1. The van der Waals surface area contributed by atoms with Gasteiger partial charge in [-0.2, -0.15) is 26.3 Å². The van der Waals surface area contributed by atoms with E-state index in [0.717, 1.165) is 16.8 Å². The van der Waals surface area contributed by atoms with Crippen molar-refractivity contribution in [1.82, 2.24) is 14.8 Å². The molecule has 2 aromatic rings. The number of Topliss-reactive ketones (excluding diaryl/α,β-unsaturated/α-hetero) is 1. The van der Waals surface area contributed by atoms with Crippen molar-refractivity contribution < 1.29 is 35.9 Å². The average Bonchev–Trinajstić information content (AvgIpc) is 3.18. The Kier molecular flexibility index (Phi) is 8.91. The van der Waals surface area contributed by atoms with Crippen LogP contribution in [0.25, 0.3) is 6.08 Å². The van der Waals surface area contributed by atoms with Crippen LogP contribution in [0.5, 0.6) is 0 Å². The van der Waals surface area contributed by atoms with E-state index in [1.807, 2.05) is 17.9 Å². The molecule has 0 aliphatic carbocycles. The number of H-pyrrole nitrogens is 1. The minimum atomic E-state index is -5.06. The fraction of sp³-hybridized carbons (Fsp3) is 0.407. The van der Waals surface area contributed by atoms with E-state index in [0.29, 0.717) is 44.6 Å². The Morgan fingerprint density at radius 3 is 2.26 bits per heavy atom. The second-order valence-corrected chi connectivity index (χ2v) is 9.35. The van der Waals surface area contributed by atoms with Crippen LogP contribution in [0.3, 0.4) is 0 Å². The molecule has 11 heteroatoms. The SMILES string of the molecule is C=C/C=C\c1c(CC2CN(CCC(C)=O)CCN2C(=O)c2cc(C(F)(F)F)cc(C(F)(F)F)c2)c[nH]c1C. The van der Waals surface area contributed by atoms with E-state index in [1.54, 1.807) is 18.3 Å². The zero-order valence-corrected chi connectivity index (χ0v) is 21.0. The van der Waals surface area contributed by atoms with Gasteiger partial charge < -0.3 is 9.88 Å². The highest BCUT2D eigenvalue weighted by atomic mass is 19.4. The Morgan fingerprint density at radius 2 is 1.71 bits per heavy atom. The monoisotopic (exact) mass is 541 g/mol. The number of piperazine rings is 1. The van der Waals surface area contributed by atoms with Gasteiger partial charge in [0.25, 0.3) is 5.91 Å². The number of hydrogen-bond donors (Lipinski definition) is 1. The molecule has 5 nitrogen and oxygen atoms in total. The van der Waals surface area contributed by atoms with Crippen LogP contribution < -0.4 is 0 Å². The molecule has 1 aliphatic heterocycles. The highest BCUT2D eigenvalue weighted by molar-refractivity contribution is 5.95. The fourth-order valence-corrected chi connectivity index (χ4v) is 4.54. The summed E-state index contributed by atoms with van der Waals surface area (Å²) in [5.41, 5.74) is -1.21. The number of nitrogens with one attached hydrogen (secondary N) is 1. The molecule has 1 aromatic carbocycles. The van der Waals surface area contributed by atoms with Crippen LogP contribution in [0.15, 0.2) is 43.1 Å². The number of aryl methyl sites for hydroxylation is 1. The molecule has 1 aromatic heterocycles. The number of hydrogen-bond acceptors (Lipinski definition) is 3. The number of aromatic amines is 1. The Balaban J connectivity index is 2.00. The van der Waals surface area contributed by atoms with Crippen LogP contribution in [-0.2, 0) is 23.6 Å². The number of carbonyl (C=O) groups is 2. The molecule has 3 rings (SSSR count). The van der Waals surface area contributed by atoms with E-state index in [1.165, 1.54) is 11.8 Å². The molecule has 38 heavy (non-hydrogen) atoms. The molecule has 1 unspecified atom stereocenters. The molecule has 0 bridgehead atoms. The van der Waals surface area contributed by atoms with Crippen molar-refractivity contribution >= 4 is 17.8 Å². The second kappa shape index (κ2) is 11.6. The number of nitrogens with zero attached hydrogens (tertiary/aromatic N) is 2. The van der Waals surface area contributed by atoms with Gasteiger partial charge in [0, 0.05) is 56.1 Å². The number of rotatable bonds is 8. The predicted molar refractivity (Wildman–Crippen MR) is 131 cm³/mol. The van der Waals surface area contributed by atoms with Gasteiger partial charge in [-0.1, -0.05) is 24.8 Å². The van der Waals surface area contributed by atoms with Crippen LogP contribution in [-0.4, -0.2) is 58.7 Å². The van der Waals surface area contributed by atoms with Gasteiger partial charge in [-0.25, -0.2) is 0 Å². The summed E-state index contributed by atoms with van der Waals surface area (Å²) >= 11 is 0. The van der Waals surface area contributed by atoms with E-state index in [4.69, 9.17) is 0 Å². The van der Waals surface area contributed by atoms with Crippen molar-refractivity contribution in [3.63, 3.8) is 0 Å². The highest BCUT2D eigenvalue weighted by Gasteiger charge is 2.39. The Bertz CT molecular complexity index is 1180. The van der Waals surface area contributed by atoms with Crippen molar-refractivity contribution in [3.8, 4) is 0 Å². The van der Waals surface area contributed by atoms with Crippen LogP contribution in [0.1, 0.15) is 51.7 Å². The lowest BCUT2D eigenvalue weighted by molar-refractivity contribution is -0.143. The van der Waals surface area contributed by atoms with Crippen LogP contribution in [0, 0.1) is 6.92 Å². The number of amides is 1. The summed E-state index contributed by atoms with van der Waals surface area (Å²) < 4.78 is 80.5. The maximum Gasteiger partial charge on any atom is 0.416 e. The predicted octanol–water partition coefficient (Wildman–Crippen LogP) is 5.91. The Hall–Kier alpha value is -3.34. The molecule has 0 saturated carbocycles. The van der Waals surface area contributed by atoms with E-state index in [2.05, 4.69) is 11.6 Å². The van der Waals surface area contributed by atoms with Gasteiger partial charge in [0.05, 0.1) is 11.1 Å². The molecule has 1 aliphatic rings. The molecular formula is C27H29F6N3O2. The highest BCUT2D eigenvalue weighted by Crippen LogP contribution is 2.37. The molecule has 1 atom stereocenters. The maximum absolute atomic E-state index is 13.5. The van der Waals surface area contributed by atoms with Crippen LogP contribution in [0.4, 0.5) is 26.3 Å². The van der Waals surface area contributed by atoms with Crippen molar-refractivity contribution in [2.75, 3.05) is 26.2 Å². The van der Waals surface area contributed by atoms with Gasteiger partial charge in [0.1, 0.15) is 5.78 Å². The van der Waals surface area contributed by atoms with Gasteiger partial charge in [0.2, 0.25) is 0 Å². The minimum absolute atomic E-state index is 0.00869. The smallest absolute Gasteiger partial charge is 0.364 e. The van der Waals surface area contributed by atoms with Crippen molar-refractivity contribution in [2.45, 2.75) is 45.1 Å². The largest absolute Gasteiger partial charge is 0.416 e. The summed E-state index contributed by atoms with van der Waals surface area (Å²) in [6.07, 6.45) is -2.59. The van der Waals surface area contributed by atoms with E-state index in [9.17, 15) is 35.9 Å². The molecule has 1 amide bonds. The van der Waals surface area contributed by atoms with Gasteiger partial charge in [0.15, 0.2) is 0 Å². The first-order valence-corrected chi connectivity index (χ1v) is 12.0. The number of carbonyl (C=O) groups excluding carboxylic acids is 2. The van der Waals surface area contributed by atoms with Crippen molar-refractivity contribution in [2.24, 2.45) is 0 Å². The molecule has 206 valence electrons. The molecular weight excluding hydrogens is 512 g/mol. The first kappa shape index (κ1) is 29.2. The number of alkyl halides is 6. The summed E-state index contributed by atoms with van der Waals surface area (Å²) in [6, 6.07) is 0.387. The lowest BCUT2D eigenvalue weighted by atomic mass is 9.97. The second-order valence-electron chi connectivity index (χ2n) is 9.35. The molecule has 1 fully saturated rings. The lowest BCUT2D eigenvalue weighted by Crippen LogP contribution is -2.56. The minimum Gasteiger partial charge on any atom is -0.364 e. The summed E-state index contributed by atoms with van der Waals surface area (Å²) in [5.74, 6) is -0.921. The van der Waals surface area contributed by atoms with Gasteiger partial charge in [-0.15, -0.1) is 0 Å². The first-order chi connectivity index (χ1) is 17.7. The molecule has 1 N–H and O–H groups in total. The number of halogens is 6. The number of benzene rings is 1. The maximum atomic E-state index is 13.5. The zero-order chi connectivity index (χ0) is 28.3. The van der Waals surface area contributed by atoms with E-state index >= 15 is 0 Å². The summed E-state index contributed by atoms with van der Waals surface area (Å²) in [4.78, 5) is 31.4. The quantitative estimate of drug-likeness (QED) is 0.334. The van der Waals surface area contributed by atoms with Gasteiger partial charge >= 0.3 is 12.4 Å². The molecule has 0 spiro atoms. The Morgan fingerprint density at radius 1 is 1.08 bits per heavy atom. The van der Waals surface area contributed by atoms with Crippen molar-refractivity contribution in [3.05, 3.63) is 76.6 Å². The average molecular weight is 542 g/mol. The van der Waals surface area contributed by atoms with Crippen LogP contribution >= 0.6 is 0 Å². The fourth-order valence-electron chi connectivity index (χ4n) is 4.54. The zero-order valence-electron chi connectivity index (χ0n) is 21.0. The van der Waals surface area contributed by atoms with E-state index in [-0.39, 0.29) is 18.4 Å². The third kappa shape index (κ3) is 7.15. The first-order valence-electron chi connectivity index (χ1n) is 12.0. The Labute approximate surface area is 216 Å². The van der Waals surface area contributed by atoms with Gasteiger partial charge in [-0.05, 0) is 49.6 Å². The van der Waals surface area contributed by atoms with Crippen LogP contribution in [0.2, 0.25) is 0 Å². The number of ketones is 1. The van der Waals surface area contributed by atoms with E-state index < -0.39 is 41.0 Å². The lowest BCUT2D eigenvalue weighted by Gasteiger charge is -2.42. The topological polar surface area (TPSA) is 56.4 Å².